The Bertz CT molecular complexity index is 359. The summed E-state index contributed by atoms with van der Waals surface area (Å²) in [5.41, 5.74) is 0.0209. The van der Waals surface area contributed by atoms with Gasteiger partial charge in [-0.1, -0.05) is 20.8 Å². The minimum atomic E-state index is -0.476. The van der Waals surface area contributed by atoms with Crippen LogP contribution >= 0.6 is 11.6 Å². The second-order valence-corrected chi connectivity index (χ2v) is 8.11. The third-order valence-corrected chi connectivity index (χ3v) is 6.16. The number of halogens is 1. The molecule has 0 heterocycles. The molecular weight excluding hydrogens is 246 g/mol. The van der Waals surface area contributed by atoms with Gasteiger partial charge in [-0.2, -0.15) is 0 Å². The molecule has 0 aromatic carbocycles. The van der Waals surface area contributed by atoms with E-state index in [0.717, 1.165) is 5.92 Å². The number of fused-ring (bicyclic) bond motifs is 2. The summed E-state index contributed by atoms with van der Waals surface area (Å²) in [6.07, 6.45) is 3.81. The van der Waals surface area contributed by atoms with Crippen molar-refractivity contribution in [2.75, 3.05) is 5.88 Å². The van der Waals surface area contributed by atoms with E-state index in [2.05, 4.69) is 26.1 Å². The van der Waals surface area contributed by atoms with Crippen LogP contribution < -0.4 is 5.32 Å². The van der Waals surface area contributed by atoms with Crippen LogP contribution in [0.3, 0.4) is 0 Å². The maximum Gasteiger partial charge on any atom is 0.227 e. The summed E-state index contributed by atoms with van der Waals surface area (Å²) in [6.45, 7) is 10.8. The zero-order chi connectivity index (χ0) is 13.8. The molecule has 0 radical (unpaired) electrons. The van der Waals surface area contributed by atoms with E-state index in [1.54, 1.807) is 0 Å². The Balaban J connectivity index is 2.17. The Morgan fingerprint density at radius 2 is 2.00 bits per heavy atom. The number of hydrogen-bond acceptors (Lipinski definition) is 1. The Hall–Kier alpha value is -0.240. The quantitative estimate of drug-likeness (QED) is 0.781. The molecule has 2 rings (SSSR count). The Morgan fingerprint density at radius 3 is 2.44 bits per heavy atom. The minimum Gasteiger partial charge on any atom is -0.352 e. The SMILES string of the molecule is CC(C)(CCl)C(=O)NC1C2(C)CCC(C2)C1(C)C. The largest absolute Gasteiger partial charge is 0.352 e. The highest BCUT2D eigenvalue weighted by atomic mass is 35.5. The van der Waals surface area contributed by atoms with E-state index in [0.29, 0.717) is 11.9 Å². The van der Waals surface area contributed by atoms with Crippen LogP contribution in [-0.2, 0) is 4.79 Å². The molecule has 3 atom stereocenters. The lowest BCUT2D eigenvalue weighted by Crippen LogP contribution is -2.55. The van der Waals surface area contributed by atoms with Crippen molar-refractivity contribution in [2.45, 2.75) is 59.9 Å². The molecule has 3 heteroatoms. The first-order chi connectivity index (χ1) is 8.13. The monoisotopic (exact) mass is 271 g/mol. The lowest BCUT2D eigenvalue weighted by molar-refractivity contribution is -0.131. The summed E-state index contributed by atoms with van der Waals surface area (Å²) in [6, 6.07) is 0.291. The highest BCUT2D eigenvalue weighted by Gasteiger charge is 2.60. The normalized spacial score (nSPS) is 37.9. The molecule has 2 bridgehead atoms. The zero-order valence-electron chi connectivity index (χ0n) is 12.3. The number of amides is 1. The molecule has 3 unspecified atom stereocenters. The first-order valence-electron chi connectivity index (χ1n) is 7.00. The van der Waals surface area contributed by atoms with Crippen molar-refractivity contribution in [1.82, 2.24) is 5.32 Å². The smallest absolute Gasteiger partial charge is 0.227 e. The third kappa shape index (κ3) is 1.97. The summed E-state index contributed by atoms with van der Waals surface area (Å²) in [4.78, 5) is 12.4. The molecule has 2 saturated carbocycles. The summed E-state index contributed by atoms with van der Waals surface area (Å²) in [5.74, 6) is 1.22. The molecule has 0 aliphatic heterocycles. The van der Waals surface area contributed by atoms with Crippen LogP contribution in [0, 0.1) is 22.2 Å². The molecule has 18 heavy (non-hydrogen) atoms. The Labute approximate surface area is 116 Å². The van der Waals surface area contributed by atoms with Gasteiger partial charge in [-0.25, -0.2) is 0 Å². The fourth-order valence-corrected chi connectivity index (χ4v) is 4.17. The number of rotatable bonds is 3. The summed E-state index contributed by atoms with van der Waals surface area (Å²) in [5, 5.41) is 3.31. The summed E-state index contributed by atoms with van der Waals surface area (Å²) >= 11 is 5.90. The van der Waals surface area contributed by atoms with Gasteiger partial charge in [-0.05, 0) is 49.9 Å². The number of carbonyl (C=O) groups excluding carboxylic acids is 1. The van der Waals surface area contributed by atoms with Gasteiger partial charge in [0, 0.05) is 11.9 Å². The van der Waals surface area contributed by atoms with Gasteiger partial charge in [0.2, 0.25) is 5.91 Å². The molecule has 2 aliphatic rings. The second kappa shape index (κ2) is 4.13. The van der Waals surface area contributed by atoms with E-state index in [4.69, 9.17) is 11.6 Å². The molecule has 0 saturated heterocycles. The molecule has 2 nitrogen and oxygen atoms in total. The molecular formula is C15H26ClNO. The van der Waals surface area contributed by atoms with Gasteiger partial charge in [0.1, 0.15) is 0 Å². The minimum absolute atomic E-state index is 0.101. The second-order valence-electron chi connectivity index (χ2n) is 7.84. The van der Waals surface area contributed by atoms with E-state index >= 15 is 0 Å². The first kappa shape index (κ1) is 14.2. The highest BCUT2D eigenvalue weighted by molar-refractivity contribution is 6.19. The van der Waals surface area contributed by atoms with Crippen molar-refractivity contribution >= 4 is 17.5 Å². The van der Waals surface area contributed by atoms with Gasteiger partial charge < -0.3 is 5.32 Å². The average Bonchev–Trinajstić information content (AvgIpc) is 2.75. The van der Waals surface area contributed by atoms with Gasteiger partial charge in [0.15, 0.2) is 0 Å². The molecule has 1 N–H and O–H groups in total. The standard InChI is InChI=1S/C15H26ClNO/c1-13(2,9-16)12(18)17-11-14(3,4)10-6-7-15(11,5)8-10/h10-11H,6-9H2,1-5H3,(H,17,18). The predicted octanol–water partition coefficient (Wildman–Crippen LogP) is 3.58. The fraction of sp³-hybridized carbons (Fsp3) is 0.933. The Kier molecular flexibility index (Phi) is 3.25. The number of nitrogens with one attached hydrogen (secondary N) is 1. The summed E-state index contributed by atoms with van der Waals surface area (Å²) in [7, 11) is 0. The van der Waals surface area contributed by atoms with Crippen LogP contribution in [0.2, 0.25) is 0 Å². The van der Waals surface area contributed by atoms with Crippen LogP contribution in [0.25, 0.3) is 0 Å². The predicted molar refractivity (Wildman–Crippen MR) is 75.7 cm³/mol. The van der Waals surface area contributed by atoms with Crippen LogP contribution in [0.5, 0.6) is 0 Å². The molecule has 104 valence electrons. The number of carbonyl (C=O) groups is 1. The van der Waals surface area contributed by atoms with Gasteiger partial charge in [0.25, 0.3) is 0 Å². The van der Waals surface area contributed by atoms with Gasteiger partial charge >= 0.3 is 0 Å². The maximum absolute atomic E-state index is 12.4. The topological polar surface area (TPSA) is 29.1 Å². The van der Waals surface area contributed by atoms with Crippen molar-refractivity contribution in [2.24, 2.45) is 22.2 Å². The number of alkyl halides is 1. The van der Waals surface area contributed by atoms with Crippen molar-refractivity contribution in [1.29, 1.82) is 0 Å². The molecule has 2 fully saturated rings. The summed E-state index contributed by atoms with van der Waals surface area (Å²) < 4.78 is 0. The molecule has 0 aromatic rings. The van der Waals surface area contributed by atoms with Crippen molar-refractivity contribution in [3.8, 4) is 0 Å². The lowest BCUT2D eigenvalue weighted by Gasteiger charge is -2.44. The van der Waals surface area contributed by atoms with E-state index in [1.165, 1.54) is 19.3 Å². The Morgan fingerprint density at radius 1 is 1.39 bits per heavy atom. The van der Waals surface area contributed by atoms with Gasteiger partial charge in [-0.3, -0.25) is 4.79 Å². The average molecular weight is 272 g/mol. The first-order valence-corrected chi connectivity index (χ1v) is 7.54. The zero-order valence-corrected chi connectivity index (χ0v) is 13.0. The lowest BCUT2D eigenvalue weighted by atomic mass is 9.68. The van der Waals surface area contributed by atoms with E-state index in [9.17, 15) is 4.79 Å². The van der Waals surface area contributed by atoms with Crippen molar-refractivity contribution in [3.05, 3.63) is 0 Å². The highest BCUT2D eigenvalue weighted by Crippen LogP contribution is 2.62. The number of hydrogen-bond donors (Lipinski definition) is 1. The van der Waals surface area contributed by atoms with Gasteiger partial charge in [0.05, 0.1) is 5.41 Å². The van der Waals surface area contributed by atoms with Crippen molar-refractivity contribution < 1.29 is 4.79 Å². The van der Waals surface area contributed by atoms with Gasteiger partial charge in [-0.15, -0.1) is 11.6 Å². The van der Waals surface area contributed by atoms with E-state index in [1.807, 2.05) is 13.8 Å². The molecule has 2 aliphatic carbocycles. The van der Waals surface area contributed by atoms with Crippen LogP contribution in [0.15, 0.2) is 0 Å². The van der Waals surface area contributed by atoms with Crippen LogP contribution in [-0.4, -0.2) is 17.8 Å². The third-order valence-electron chi connectivity index (χ3n) is 5.49. The van der Waals surface area contributed by atoms with E-state index < -0.39 is 5.41 Å². The molecule has 1 amide bonds. The fourth-order valence-electron chi connectivity index (χ4n) is 4.05. The molecule has 0 aromatic heterocycles. The maximum atomic E-state index is 12.4. The molecule has 0 spiro atoms. The van der Waals surface area contributed by atoms with E-state index in [-0.39, 0.29) is 16.7 Å². The van der Waals surface area contributed by atoms with Crippen LogP contribution in [0.1, 0.15) is 53.9 Å². The van der Waals surface area contributed by atoms with Crippen molar-refractivity contribution in [3.63, 3.8) is 0 Å². The van der Waals surface area contributed by atoms with Crippen LogP contribution in [0.4, 0.5) is 0 Å².